The Labute approximate surface area is 121 Å². The first-order chi connectivity index (χ1) is 9.88. The fourth-order valence-electron chi connectivity index (χ4n) is 2.71. The number of amides is 1. The molecule has 0 bridgehead atoms. The third-order valence-corrected chi connectivity index (χ3v) is 3.81. The highest BCUT2D eigenvalue weighted by atomic mass is 19.4. The third-order valence-electron chi connectivity index (χ3n) is 3.81. The monoisotopic (exact) mass is 300 g/mol. The van der Waals surface area contributed by atoms with Crippen molar-refractivity contribution in [1.29, 1.82) is 0 Å². The van der Waals surface area contributed by atoms with Crippen LogP contribution in [0.4, 0.5) is 18.9 Å². The van der Waals surface area contributed by atoms with Crippen molar-refractivity contribution in [2.75, 3.05) is 5.73 Å². The molecule has 1 aliphatic rings. The SMILES string of the molecule is Nc1ccc(C(C(=O)NC2CCCCC2)C(F)(F)F)cc1. The van der Waals surface area contributed by atoms with Crippen LogP contribution in [-0.2, 0) is 4.79 Å². The number of nitrogens with one attached hydrogen (secondary N) is 1. The van der Waals surface area contributed by atoms with Gasteiger partial charge >= 0.3 is 6.18 Å². The molecule has 1 fully saturated rings. The number of carbonyl (C=O) groups excluding carboxylic acids is 1. The van der Waals surface area contributed by atoms with E-state index in [0.717, 1.165) is 32.1 Å². The minimum Gasteiger partial charge on any atom is -0.399 e. The molecule has 3 nitrogen and oxygen atoms in total. The van der Waals surface area contributed by atoms with E-state index in [1.54, 1.807) is 0 Å². The summed E-state index contributed by atoms with van der Waals surface area (Å²) in [4.78, 5) is 12.1. The number of alkyl halides is 3. The van der Waals surface area contributed by atoms with E-state index in [-0.39, 0.29) is 11.6 Å². The van der Waals surface area contributed by atoms with Gasteiger partial charge in [-0.3, -0.25) is 4.79 Å². The van der Waals surface area contributed by atoms with Gasteiger partial charge in [0.25, 0.3) is 0 Å². The van der Waals surface area contributed by atoms with Crippen LogP contribution in [0.3, 0.4) is 0 Å². The van der Waals surface area contributed by atoms with Crippen molar-refractivity contribution in [3.8, 4) is 0 Å². The molecule has 1 aromatic rings. The van der Waals surface area contributed by atoms with Gasteiger partial charge < -0.3 is 11.1 Å². The van der Waals surface area contributed by atoms with E-state index in [2.05, 4.69) is 5.32 Å². The molecule has 0 aliphatic heterocycles. The first-order valence-corrected chi connectivity index (χ1v) is 7.10. The number of hydrogen-bond donors (Lipinski definition) is 2. The summed E-state index contributed by atoms with van der Waals surface area (Å²) in [5.41, 5.74) is 5.77. The molecular weight excluding hydrogens is 281 g/mol. The van der Waals surface area contributed by atoms with Gasteiger partial charge in [-0.15, -0.1) is 0 Å². The third kappa shape index (κ3) is 4.12. The number of anilines is 1. The second kappa shape index (κ2) is 6.37. The molecule has 0 radical (unpaired) electrons. The maximum absolute atomic E-state index is 13.2. The summed E-state index contributed by atoms with van der Waals surface area (Å²) in [6, 6.07) is 5.12. The van der Waals surface area contributed by atoms with Crippen molar-refractivity contribution >= 4 is 11.6 Å². The number of benzene rings is 1. The Hall–Kier alpha value is -1.72. The predicted molar refractivity (Wildman–Crippen MR) is 74.7 cm³/mol. The Balaban J connectivity index is 2.15. The van der Waals surface area contributed by atoms with Crippen LogP contribution in [0.2, 0.25) is 0 Å². The molecule has 0 aromatic heterocycles. The normalized spacial score (nSPS) is 18.2. The lowest BCUT2D eigenvalue weighted by Gasteiger charge is -2.26. The van der Waals surface area contributed by atoms with E-state index in [0.29, 0.717) is 5.69 Å². The van der Waals surface area contributed by atoms with Gasteiger partial charge in [0.05, 0.1) is 0 Å². The summed E-state index contributed by atoms with van der Waals surface area (Å²) in [5.74, 6) is -3.11. The molecule has 1 amide bonds. The fraction of sp³-hybridized carbons (Fsp3) is 0.533. The highest BCUT2D eigenvalue weighted by molar-refractivity contribution is 5.85. The molecule has 1 aromatic carbocycles. The van der Waals surface area contributed by atoms with Crippen LogP contribution in [0, 0.1) is 0 Å². The summed E-state index contributed by atoms with van der Waals surface area (Å²) in [7, 11) is 0. The zero-order valence-electron chi connectivity index (χ0n) is 11.6. The average molecular weight is 300 g/mol. The summed E-state index contributed by atoms with van der Waals surface area (Å²) >= 11 is 0. The van der Waals surface area contributed by atoms with Crippen molar-refractivity contribution < 1.29 is 18.0 Å². The standard InChI is InChI=1S/C15H19F3N2O/c16-15(17,18)13(10-6-8-11(19)9-7-10)14(21)20-12-4-2-1-3-5-12/h6-9,12-13H,1-5,19H2,(H,20,21). The quantitative estimate of drug-likeness (QED) is 0.841. The van der Waals surface area contributed by atoms with E-state index < -0.39 is 18.0 Å². The van der Waals surface area contributed by atoms with Crippen molar-refractivity contribution in [3.63, 3.8) is 0 Å². The molecule has 21 heavy (non-hydrogen) atoms. The van der Waals surface area contributed by atoms with Gasteiger partial charge in [0.15, 0.2) is 5.92 Å². The van der Waals surface area contributed by atoms with Gasteiger partial charge in [-0.25, -0.2) is 0 Å². The lowest BCUT2D eigenvalue weighted by molar-refractivity contribution is -0.165. The molecule has 1 atom stereocenters. The second-order valence-electron chi connectivity index (χ2n) is 5.48. The second-order valence-corrected chi connectivity index (χ2v) is 5.48. The summed E-state index contributed by atoms with van der Waals surface area (Å²) in [5, 5.41) is 2.55. The van der Waals surface area contributed by atoms with E-state index in [4.69, 9.17) is 5.73 Å². The summed E-state index contributed by atoms with van der Waals surface area (Å²) in [6.07, 6.45) is -0.148. The Morgan fingerprint density at radius 3 is 2.24 bits per heavy atom. The van der Waals surface area contributed by atoms with Crippen molar-refractivity contribution in [3.05, 3.63) is 29.8 Å². The summed E-state index contributed by atoms with van der Waals surface area (Å²) in [6.45, 7) is 0. The predicted octanol–water partition coefficient (Wildman–Crippen LogP) is 3.36. The van der Waals surface area contributed by atoms with Crippen LogP contribution in [0.25, 0.3) is 0 Å². The van der Waals surface area contributed by atoms with Crippen LogP contribution in [0.15, 0.2) is 24.3 Å². The lowest BCUT2D eigenvalue weighted by atomic mass is 9.93. The minimum absolute atomic E-state index is 0.0787. The number of nitrogen functional groups attached to an aromatic ring is 1. The average Bonchev–Trinajstić information content (AvgIpc) is 2.41. The zero-order valence-corrected chi connectivity index (χ0v) is 11.6. The minimum atomic E-state index is -4.62. The van der Waals surface area contributed by atoms with Gasteiger partial charge in [-0.05, 0) is 30.5 Å². The van der Waals surface area contributed by atoms with Crippen molar-refractivity contribution in [2.24, 2.45) is 0 Å². The van der Waals surface area contributed by atoms with E-state index in [9.17, 15) is 18.0 Å². The molecule has 3 N–H and O–H groups in total. The molecule has 0 spiro atoms. The van der Waals surface area contributed by atoms with Gasteiger partial charge in [0.1, 0.15) is 0 Å². The van der Waals surface area contributed by atoms with Crippen LogP contribution < -0.4 is 11.1 Å². The maximum Gasteiger partial charge on any atom is 0.404 e. The first kappa shape index (κ1) is 15.7. The molecule has 0 heterocycles. The summed E-state index contributed by atoms with van der Waals surface area (Å²) < 4.78 is 39.7. The Morgan fingerprint density at radius 1 is 1.14 bits per heavy atom. The van der Waals surface area contributed by atoms with Crippen LogP contribution in [0.5, 0.6) is 0 Å². The molecule has 116 valence electrons. The van der Waals surface area contributed by atoms with Crippen LogP contribution in [-0.4, -0.2) is 18.1 Å². The lowest BCUT2D eigenvalue weighted by Crippen LogP contribution is -2.43. The number of nitrogens with two attached hydrogens (primary N) is 1. The molecular formula is C15H19F3N2O. The number of rotatable bonds is 3. The van der Waals surface area contributed by atoms with Gasteiger partial charge in [-0.2, -0.15) is 13.2 Å². The first-order valence-electron chi connectivity index (χ1n) is 7.10. The molecule has 1 aliphatic carbocycles. The molecule has 1 saturated carbocycles. The van der Waals surface area contributed by atoms with Gasteiger partial charge in [0.2, 0.25) is 5.91 Å². The Kier molecular flexibility index (Phi) is 4.75. The number of carbonyl (C=O) groups is 1. The van der Waals surface area contributed by atoms with Gasteiger partial charge in [0, 0.05) is 11.7 Å². The van der Waals surface area contributed by atoms with Crippen LogP contribution >= 0.6 is 0 Å². The van der Waals surface area contributed by atoms with Crippen molar-refractivity contribution in [2.45, 2.75) is 50.2 Å². The topological polar surface area (TPSA) is 55.1 Å². The Morgan fingerprint density at radius 2 is 1.71 bits per heavy atom. The van der Waals surface area contributed by atoms with E-state index in [1.165, 1.54) is 24.3 Å². The van der Waals surface area contributed by atoms with Crippen LogP contribution in [0.1, 0.15) is 43.6 Å². The maximum atomic E-state index is 13.2. The fourth-order valence-corrected chi connectivity index (χ4v) is 2.71. The molecule has 6 heteroatoms. The van der Waals surface area contributed by atoms with E-state index in [1.807, 2.05) is 0 Å². The largest absolute Gasteiger partial charge is 0.404 e. The number of halogens is 3. The van der Waals surface area contributed by atoms with Crippen molar-refractivity contribution in [1.82, 2.24) is 5.32 Å². The zero-order chi connectivity index (χ0) is 15.5. The van der Waals surface area contributed by atoms with E-state index >= 15 is 0 Å². The number of hydrogen-bond acceptors (Lipinski definition) is 2. The molecule has 2 rings (SSSR count). The molecule has 1 unspecified atom stereocenters. The molecule has 0 saturated heterocycles. The Bertz CT molecular complexity index is 479. The smallest absolute Gasteiger partial charge is 0.399 e. The highest BCUT2D eigenvalue weighted by Crippen LogP contribution is 2.35. The van der Waals surface area contributed by atoms with Gasteiger partial charge in [-0.1, -0.05) is 31.4 Å². The highest BCUT2D eigenvalue weighted by Gasteiger charge is 2.46.